The van der Waals surface area contributed by atoms with Gasteiger partial charge in [0, 0.05) is 44.9 Å². The number of aromatic nitrogens is 4. The average molecular weight is 259 g/mol. The van der Waals surface area contributed by atoms with E-state index in [2.05, 4.69) is 34.1 Å². The number of hydrogen-bond acceptors (Lipinski definition) is 4. The molecule has 0 fully saturated rings. The molecule has 0 aliphatic carbocycles. The first kappa shape index (κ1) is 13.5. The number of nitrogens with zero attached hydrogens (tertiary/aromatic N) is 4. The number of anilines is 1. The highest BCUT2D eigenvalue weighted by Crippen LogP contribution is 2.18. The third kappa shape index (κ3) is 2.92. The van der Waals surface area contributed by atoms with Crippen molar-refractivity contribution in [1.29, 1.82) is 0 Å². The molecule has 1 N–H and O–H groups in total. The van der Waals surface area contributed by atoms with Crippen molar-refractivity contribution < 1.29 is 0 Å². The van der Waals surface area contributed by atoms with E-state index in [-0.39, 0.29) is 0 Å². The smallest absolute Gasteiger partial charge is 0.132 e. The van der Waals surface area contributed by atoms with Crippen LogP contribution in [0.3, 0.4) is 0 Å². The second-order valence-electron chi connectivity index (χ2n) is 4.69. The minimum Gasteiger partial charge on any atom is -0.373 e. The Balaban J connectivity index is 2.37. The molecule has 19 heavy (non-hydrogen) atoms. The largest absolute Gasteiger partial charge is 0.373 e. The highest BCUT2D eigenvalue weighted by atomic mass is 15.0. The molecular weight excluding hydrogens is 238 g/mol. The zero-order valence-electron chi connectivity index (χ0n) is 12.1. The molecule has 2 aromatic rings. The summed E-state index contributed by atoms with van der Waals surface area (Å²) < 4.78 is 2.03. The second kappa shape index (κ2) is 5.82. The summed E-state index contributed by atoms with van der Waals surface area (Å²) in [5, 5.41) is 3.15. The Kier molecular flexibility index (Phi) is 4.14. The lowest BCUT2D eigenvalue weighted by molar-refractivity contribution is 0.778. The zero-order valence-corrected chi connectivity index (χ0v) is 12.1. The SMILES string of the molecule is CCCc1nc(Cc2nccn2C)c(C)c(NC)n1. The van der Waals surface area contributed by atoms with Gasteiger partial charge in [-0.15, -0.1) is 0 Å². The van der Waals surface area contributed by atoms with Crippen molar-refractivity contribution in [2.45, 2.75) is 33.1 Å². The minimum absolute atomic E-state index is 0.739. The summed E-state index contributed by atoms with van der Waals surface area (Å²) in [6.07, 6.45) is 6.47. The van der Waals surface area contributed by atoms with Crippen LogP contribution in [-0.2, 0) is 19.9 Å². The quantitative estimate of drug-likeness (QED) is 0.893. The Morgan fingerprint density at radius 2 is 2.11 bits per heavy atom. The third-order valence-electron chi connectivity index (χ3n) is 3.25. The van der Waals surface area contributed by atoms with Crippen molar-refractivity contribution in [3.05, 3.63) is 35.3 Å². The fourth-order valence-electron chi connectivity index (χ4n) is 2.08. The van der Waals surface area contributed by atoms with E-state index in [1.165, 1.54) is 0 Å². The maximum Gasteiger partial charge on any atom is 0.132 e. The van der Waals surface area contributed by atoms with E-state index < -0.39 is 0 Å². The van der Waals surface area contributed by atoms with Gasteiger partial charge in [0.2, 0.25) is 0 Å². The summed E-state index contributed by atoms with van der Waals surface area (Å²) in [5.74, 6) is 2.84. The van der Waals surface area contributed by atoms with Gasteiger partial charge in [-0.05, 0) is 13.3 Å². The van der Waals surface area contributed by atoms with E-state index in [9.17, 15) is 0 Å². The molecule has 2 aromatic heterocycles. The number of rotatable bonds is 5. The van der Waals surface area contributed by atoms with Crippen LogP contribution in [-0.4, -0.2) is 26.6 Å². The van der Waals surface area contributed by atoms with Crippen molar-refractivity contribution in [3.63, 3.8) is 0 Å². The normalized spacial score (nSPS) is 10.7. The van der Waals surface area contributed by atoms with Crippen LogP contribution in [0.1, 0.15) is 36.3 Å². The van der Waals surface area contributed by atoms with Crippen LogP contribution in [0.25, 0.3) is 0 Å². The maximum absolute atomic E-state index is 4.68. The van der Waals surface area contributed by atoms with Gasteiger partial charge in [0.25, 0.3) is 0 Å². The number of nitrogens with one attached hydrogen (secondary N) is 1. The van der Waals surface area contributed by atoms with E-state index in [0.29, 0.717) is 0 Å². The van der Waals surface area contributed by atoms with Crippen LogP contribution < -0.4 is 5.32 Å². The second-order valence-corrected chi connectivity index (χ2v) is 4.69. The summed E-state index contributed by atoms with van der Waals surface area (Å²) in [4.78, 5) is 13.6. The molecule has 5 heteroatoms. The Hall–Kier alpha value is -1.91. The topological polar surface area (TPSA) is 55.6 Å². The van der Waals surface area contributed by atoms with Crippen molar-refractivity contribution in [2.24, 2.45) is 7.05 Å². The van der Waals surface area contributed by atoms with E-state index in [1.54, 1.807) is 0 Å². The Morgan fingerprint density at radius 3 is 2.68 bits per heavy atom. The fraction of sp³-hybridized carbons (Fsp3) is 0.500. The molecule has 0 radical (unpaired) electrons. The van der Waals surface area contributed by atoms with Crippen molar-refractivity contribution in [2.75, 3.05) is 12.4 Å². The summed E-state index contributed by atoms with van der Waals surface area (Å²) in [6, 6.07) is 0. The van der Waals surface area contributed by atoms with Crippen LogP contribution in [0.5, 0.6) is 0 Å². The lowest BCUT2D eigenvalue weighted by Gasteiger charge is -2.12. The maximum atomic E-state index is 4.68. The lowest BCUT2D eigenvalue weighted by Crippen LogP contribution is -2.09. The summed E-state index contributed by atoms with van der Waals surface area (Å²) in [5.41, 5.74) is 2.16. The standard InChI is InChI=1S/C14H21N5/c1-5-6-12-17-11(10(2)14(15-3)18-12)9-13-16-7-8-19(13)4/h7-8H,5-6,9H2,1-4H3,(H,15,17,18). The van der Waals surface area contributed by atoms with Crippen LogP contribution in [0.2, 0.25) is 0 Å². The first-order valence-electron chi connectivity index (χ1n) is 6.66. The van der Waals surface area contributed by atoms with Gasteiger partial charge < -0.3 is 9.88 Å². The van der Waals surface area contributed by atoms with Crippen LogP contribution in [0, 0.1) is 6.92 Å². The Labute approximate surface area is 114 Å². The van der Waals surface area contributed by atoms with Gasteiger partial charge in [-0.25, -0.2) is 15.0 Å². The fourth-order valence-corrected chi connectivity index (χ4v) is 2.08. The van der Waals surface area contributed by atoms with E-state index in [4.69, 9.17) is 0 Å². The predicted molar refractivity (Wildman–Crippen MR) is 76.3 cm³/mol. The van der Waals surface area contributed by atoms with E-state index in [1.807, 2.05) is 31.1 Å². The van der Waals surface area contributed by atoms with Gasteiger partial charge in [0.1, 0.15) is 17.5 Å². The molecule has 0 bridgehead atoms. The third-order valence-corrected chi connectivity index (χ3v) is 3.25. The Morgan fingerprint density at radius 1 is 1.32 bits per heavy atom. The van der Waals surface area contributed by atoms with Gasteiger partial charge >= 0.3 is 0 Å². The minimum atomic E-state index is 0.739. The highest BCUT2D eigenvalue weighted by Gasteiger charge is 2.12. The molecule has 0 amide bonds. The molecular formula is C14H21N5. The first-order chi connectivity index (χ1) is 9.15. The van der Waals surface area contributed by atoms with E-state index in [0.717, 1.165) is 48.0 Å². The molecule has 0 spiro atoms. The Bertz CT molecular complexity index is 559. The molecule has 5 nitrogen and oxygen atoms in total. The number of imidazole rings is 1. The van der Waals surface area contributed by atoms with Gasteiger partial charge in [-0.3, -0.25) is 0 Å². The van der Waals surface area contributed by atoms with E-state index >= 15 is 0 Å². The number of hydrogen-bond donors (Lipinski definition) is 1. The molecule has 2 rings (SSSR count). The summed E-state index contributed by atoms with van der Waals surface area (Å²) >= 11 is 0. The molecule has 0 aliphatic heterocycles. The average Bonchev–Trinajstić information content (AvgIpc) is 2.79. The van der Waals surface area contributed by atoms with Gasteiger partial charge in [-0.1, -0.05) is 6.92 Å². The van der Waals surface area contributed by atoms with Gasteiger partial charge in [-0.2, -0.15) is 0 Å². The molecule has 0 saturated carbocycles. The molecule has 0 saturated heterocycles. The van der Waals surface area contributed by atoms with Crippen LogP contribution in [0.4, 0.5) is 5.82 Å². The van der Waals surface area contributed by atoms with Crippen molar-refractivity contribution >= 4 is 5.82 Å². The highest BCUT2D eigenvalue weighted by molar-refractivity contribution is 5.46. The molecule has 0 atom stereocenters. The molecule has 0 unspecified atom stereocenters. The monoisotopic (exact) mass is 259 g/mol. The molecule has 2 heterocycles. The zero-order chi connectivity index (χ0) is 13.8. The summed E-state index contributed by atoms with van der Waals surface area (Å²) in [7, 11) is 3.90. The lowest BCUT2D eigenvalue weighted by atomic mass is 10.1. The van der Waals surface area contributed by atoms with Crippen molar-refractivity contribution in [3.8, 4) is 0 Å². The van der Waals surface area contributed by atoms with Crippen molar-refractivity contribution in [1.82, 2.24) is 19.5 Å². The predicted octanol–water partition coefficient (Wildman–Crippen LogP) is 2.10. The molecule has 0 aliphatic rings. The molecule has 0 aromatic carbocycles. The summed E-state index contributed by atoms with van der Waals surface area (Å²) in [6.45, 7) is 4.19. The van der Waals surface area contributed by atoms with Crippen LogP contribution in [0.15, 0.2) is 12.4 Å². The molecule has 102 valence electrons. The number of aryl methyl sites for hydroxylation is 2. The first-order valence-corrected chi connectivity index (χ1v) is 6.66. The van der Waals surface area contributed by atoms with Crippen LogP contribution >= 0.6 is 0 Å². The van der Waals surface area contributed by atoms with Gasteiger partial charge in [0.15, 0.2) is 0 Å². The van der Waals surface area contributed by atoms with Gasteiger partial charge in [0.05, 0.1) is 5.69 Å².